The first-order valence-corrected chi connectivity index (χ1v) is 11.7. The van der Waals surface area contributed by atoms with Crippen LogP contribution in [0.3, 0.4) is 0 Å². The molecule has 2 amide bonds. The minimum Gasteiger partial charge on any atom is -0.379 e. The van der Waals surface area contributed by atoms with Crippen molar-refractivity contribution >= 4 is 22.6 Å². The fraction of sp³-hybridized carbons (Fsp3) is 0.423. The molecule has 1 aliphatic heterocycles. The summed E-state index contributed by atoms with van der Waals surface area (Å²) >= 11 is 0. The summed E-state index contributed by atoms with van der Waals surface area (Å²) in [4.78, 5) is 17.1. The Bertz CT molecular complexity index is 1050. The molecular formula is C26H35N5O2. The predicted octanol–water partition coefficient (Wildman–Crippen LogP) is 3.71. The fourth-order valence-corrected chi connectivity index (χ4v) is 4.30. The third-order valence-electron chi connectivity index (χ3n) is 6.33. The molecule has 0 bridgehead atoms. The number of nitrogens with one attached hydrogen (secondary N) is 2. The van der Waals surface area contributed by atoms with Crippen LogP contribution in [0, 0.1) is 6.92 Å². The van der Waals surface area contributed by atoms with Gasteiger partial charge in [-0.15, -0.1) is 0 Å². The maximum atomic E-state index is 12.6. The summed E-state index contributed by atoms with van der Waals surface area (Å²) in [5, 5.41) is 7.13. The van der Waals surface area contributed by atoms with E-state index in [1.165, 1.54) is 16.6 Å². The summed E-state index contributed by atoms with van der Waals surface area (Å²) in [5.41, 5.74) is 4.39. The quantitative estimate of drug-likeness (QED) is 0.550. The van der Waals surface area contributed by atoms with E-state index in [0.29, 0.717) is 6.54 Å². The molecule has 1 aliphatic rings. The Morgan fingerprint density at radius 3 is 2.55 bits per heavy atom. The van der Waals surface area contributed by atoms with Gasteiger partial charge in [0.15, 0.2) is 0 Å². The number of aromatic nitrogens is 1. The lowest BCUT2D eigenvalue weighted by Gasteiger charge is -2.26. The van der Waals surface area contributed by atoms with Crippen molar-refractivity contribution in [2.24, 2.45) is 0 Å². The zero-order valence-electron chi connectivity index (χ0n) is 19.9. The molecule has 1 atom stereocenters. The van der Waals surface area contributed by atoms with Gasteiger partial charge >= 0.3 is 6.03 Å². The molecule has 2 N–H and O–H groups in total. The lowest BCUT2D eigenvalue weighted by molar-refractivity contribution is 0.0365. The van der Waals surface area contributed by atoms with E-state index in [-0.39, 0.29) is 12.1 Å². The number of nitrogens with zero attached hydrogens (tertiary/aromatic N) is 3. The highest BCUT2D eigenvalue weighted by Gasteiger charge is 2.16. The number of carbonyl (C=O) groups excluding carboxylic acids is 1. The Morgan fingerprint density at radius 1 is 1.06 bits per heavy atom. The van der Waals surface area contributed by atoms with Crippen LogP contribution in [0.2, 0.25) is 0 Å². The van der Waals surface area contributed by atoms with Gasteiger partial charge in [-0.25, -0.2) is 4.79 Å². The summed E-state index contributed by atoms with van der Waals surface area (Å²) in [7, 11) is 4.06. The Labute approximate surface area is 196 Å². The number of ether oxygens (including phenoxy) is 1. The predicted molar refractivity (Wildman–Crippen MR) is 134 cm³/mol. The van der Waals surface area contributed by atoms with Crippen molar-refractivity contribution < 1.29 is 9.53 Å². The molecule has 1 unspecified atom stereocenters. The first kappa shape index (κ1) is 23.3. The standard InChI is InChI=1S/C26H35N5O2/c1-20-4-6-21(7-5-20)25(29(2)3)19-27-26(32)28-23-8-9-24-22(18-23)10-11-31(24)13-12-30-14-16-33-17-15-30/h4-11,18,25H,12-17,19H2,1-3H3,(H2,27,28,32). The molecule has 1 fully saturated rings. The molecule has 1 aromatic heterocycles. The van der Waals surface area contributed by atoms with Gasteiger partial charge in [-0.3, -0.25) is 4.90 Å². The van der Waals surface area contributed by atoms with Crippen molar-refractivity contribution in [3.8, 4) is 0 Å². The van der Waals surface area contributed by atoms with Gasteiger partial charge in [-0.1, -0.05) is 29.8 Å². The minimum atomic E-state index is -0.194. The van der Waals surface area contributed by atoms with Gasteiger partial charge < -0.3 is 24.8 Å². The number of likely N-dealkylation sites (N-methyl/N-ethyl adjacent to an activating group) is 1. The fourth-order valence-electron chi connectivity index (χ4n) is 4.30. The Kier molecular flexibility index (Phi) is 7.65. The van der Waals surface area contributed by atoms with Crippen LogP contribution >= 0.6 is 0 Å². The minimum absolute atomic E-state index is 0.110. The zero-order chi connectivity index (χ0) is 23.2. The monoisotopic (exact) mass is 449 g/mol. The van der Waals surface area contributed by atoms with Crippen molar-refractivity contribution in [2.75, 3.05) is 58.8 Å². The van der Waals surface area contributed by atoms with E-state index in [0.717, 1.165) is 50.5 Å². The number of hydrogen-bond acceptors (Lipinski definition) is 4. The van der Waals surface area contributed by atoms with E-state index in [9.17, 15) is 4.79 Å². The SMILES string of the molecule is Cc1ccc(C(CNC(=O)Nc2ccc3c(ccn3CCN3CCOCC3)c2)N(C)C)cc1. The highest BCUT2D eigenvalue weighted by molar-refractivity contribution is 5.93. The molecule has 0 aliphatic carbocycles. The van der Waals surface area contributed by atoms with E-state index in [2.05, 4.69) is 74.5 Å². The van der Waals surface area contributed by atoms with Crippen LogP contribution in [0.1, 0.15) is 17.2 Å². The molecule has 0 radical (unpaired) electrons. The van der Waals surface area contributed by atoms with Crippen molar-refractivity contribution in [1.82, 2.24) is 19.7 Å². The number of carbonyl (C=O) groups is 1. The van der Waals surface area contributed by atoms with Gasteiger partial charge in [0.25, 0.3) is 0 Å². The van der Waals surface area contributed by atoms with E-state index in [1.807, 2.05) is 26.2 Å². The third kappa shape index (κ3) is 6.13. The van der Waals surface area contributed by atoms with Crippen LogP contribution in [0.4, 0.5) is 10.5 Å². The molecule has 7 heteroatoms. The van der Waals surface area contributed by atoms with Gasteiger partial charge in [0.05, 0.1) is 19.3 Å². The smallest absolute Gasteiger partial charge is 0.319 e. The Morgan fingerprint density at radius 2 is 1.82 bits per heavy atom. The largest absolute Gasteiger partial charge is 0.379 e. The first-order valence-electron chi connectivity index (χ1n) is 11.7. The molecule has 176 valence electrons. The van der Waals surface area contributed by atoms with Crippen molar-refractivity contribution in [3.63, 3.8) is 0 Å². The Hall–Kier alpha value is -2.87. The number of benzene rings is 2. The number of amides is 2. The average molecular weight is 450 g/mol. The maximum Gasteiger partial charge on any atom is 0.319 e. The van der Waals surface area contributed by atoms with Gasteiger partial charge in [-0.05, 0) is 50.8 Å². The molecule has 33 heavy (non-hydrogen) atoms. The first-order chi connectivity index (χ1) is 16.0. The number of anilines is 1. The number of hydrogen-bond donors (Lipinski definition) is 2. The number of morpholine rings is 1. The van der Waals surface area contributed by atoms with Crippen LogP contribution in [-0.4, -0.2) is 73.9 Å². The number of urea groups is 1. The molecule has 7 nitrogen and oxygen atoms in total. The highest BCUT2D eigenvalue weighted by Crippen LogP contribution is 2.21. The normalized spacial score (nSPS) is 15.6. The van der Waals surface area contributed by atoms with Crippen LogP contribution in [-0.2, 0) is 11.3 Å². The summed E-state index contributed by atoms with van der Waals surface area (Å²) in [6.07, 6.45) is 2.12. The molecule has 2 aromatic carbocycles. The van der Waals surface area contributed by atoms with Crippen LogP contribution in [0.25, 0.3) is 10.9 Å². The lowest BCUT2D eigenvalue weighted by atomic mass is 10.0. The van der Waals surface area contributed by atoms with E-state index in [1.54, 1.807) is 0 Å². The molecule has 3 aromatic rings. The summed E-state index contributed by atoms with van der Waals surface area (Å²) < 4.78 is 7.71. The average Bonchev–Trinajstić information content (AvgIpc) is 3.21. The van der Waals surface area contributed by atoms with Gasteiger partial charge in [0.1, 0.15) is 0 Å². The zero-order valence-corrected chi connectivity index (χ0v) is 19.9. The van der Waals surface area contributed by atoms with Gasteiger partial charge in [0.2, 0.25) is 0 Å². The second-order valence-corrected chi connectivity index (χ2v) is 8.96. The van der Waals surface area contributed by atoms with Crippen LogP contribution in [0.15, 0.2) is 54.7 Å². The molecular weight excluding hydrogens is 414 g/mol. The molecule has 0 spiro atoms. The van der Waals surface area contributed by atoms with Crippen molar-refractivity contribution in [1.29, 1.82) is 0 Å². The van der Waals surface area contributed by atoms with Crippen molar-refractivity contribution in [3.05, 3.63) is 65.9 Å². The molecule has 0 saturated carbocycles. The lowest BCUT2D eigenvalue weighted by Crippen LogP contribution is -2.38. The molecule has 2 heterocycles. The topological polar surface area (TPSA) is 61.8 Å². The molecule has 1 saturated heterocycles. The second kappa shape index (κ2) is 10.8. The summed E-state index contributed by atoms with van der Waals surface area (Å²) in [6, 6.07) is 16.6. The summed E-state index contributed by atoms with van der Waals surface area (Å²) in [6.45, 7) is 8.22. The maximum absolute atomic E-state index is 12.6. The van der Waals surface area contributed by atoms with Crippen molar-refractivity contribution in [2.45, 2.75) is 19.5 Å². The van der Waals surface area contributed by atoms with E-state index >= 15 is 0 Å². The third-order valence-corrected chi connectivity index (χ3v) is 6.33. The van der Waals surface area contributed by atoms with Gasteiger partial charge in [0, 0.05) is 55.5 Å². The van der Waals surface area contributed by atoms with E-state index in [4.69, 9.17) is 4.74 Å². The number of rotatable bonds is 8. The highest BCUT2D eigenvalue weighted by atomic mass is 16.5. The second-order valence-electron chi connectivity index (χ2n) is 8.96. The van der Waals surface area contributed by atoms with Gasteiger partial charge in [-0.2, -0.15) is 0 Å². The number of aryl methyl sites for hydroxylation is 1. The Balaban J connectivity index is 1.33. The summed E-state index contributed by atoms with van der Waals surface area (Å²) in [5.74, 6) is 0. The van der Waals surface area contributed by atoms with E-state index < -0.39 is 0 Å². The molecule has 4 rings (SSSR count). The van der Waals surface area contributed by atoms with Crippen LogP contribution < -0.4 is 10.6 Å². The number of fused-ring (bicyclic) bond motifs is 1. The van der Waals surface area contributed by atoms with Crippen LogP contribution in [0.5, 0.6) is 0 Å².